The average Bonchev–Trinajstić information content (AvgIpc) is 2.62. The number of alkyl carbamates (subject to hydrolysis) is 1. The van der Waals surface area contributed by atoms with Gasteiger partial charge in [-0.3, -0.25) is 0 Å². The number of nitrogens with zero attached hydrogens (tertiary/aromatic N) is 1. The number of rotatable bonds is 4. The van der Waals surface area contributed by atoms with Crippen molar-refractivity contribution in [2.75, 3.05) is 6.54 Å². The lowest BCUT2D eigenvalue weighted by atomic mass is 10.2. The normalized spacial score (nSPS) is 13.2. The highest BCUT2D eigenvalue weighted by molar-refractivity contribution is 6.29. The van der Waals surface area contributed by atoms with Gasteiger partial charge in [0.1, 0.15) is 16.6 Å². The Labute approximate surface area is 111 Å². The van der Waals surface area contributed by atoms with Crippen LogP contribution in [0.25, 0.3) is 0 Å². The summed E-state index contributed by atoms with van der Waals surface area (Å²) < 4.78 is 5.09. The van der Waals surface area contributed by atoms with Gasteiger partial charge in [0, 0.05) is 6.54 Å². The van der Waals surface area contributed by atoms with E-state index in [1.807, 2.05) is 20.8 Å². The second-order valence-corrected chi connectivity index (χ2v) is 5.35. The maximum Gasteiger partial charge on any atom is 0.407 e. The van der Waals surface area contributed by atoms with Gasteiger partial charge in [-0.1, -0.05) is 11.6 Å². The summed E-state index contributed by atoms with van der Waals surface area (Å²) in [6.07, 6.45) is 1.59. The van der Waals surface area contributed by atoms with Crippen molar-refractivity contribution in [1.29, 1.82) is 0 Å². The molecule has 1 atom stereocenters. The first-order chi connectivity index (χ1) is 8.28. The van der Waals surface area contributed by atoms with E-state index in [1.165, 1.54) is 6.20 Å². The van der Waals surface area contributed by atoms with Gasteiger partial charge in [0.05, 0.1) is 12.2 Å². The molecule has 1 aromatic heterocycles. The summed E-state index contributed by atoms with van der Waals surface area (Å²) in [7, 11) is 0. The molecule has 0 saturated carbocycles. The summed E-state index contributed by atoms with van der Waals surface area (Å²) in [6.45, 7) is 5.84. The van der Waals surface area contributed by atoms with Crippen LogP contribution < -0.4 is 11.1 Å². The van der Waals surface area contributed by atoms with Crippen molar-refractivity contribution in [2.24, 2.45) is 5.73 Å². The van der Waals surface area contributed by atoms with Crippen molar-refractivity contribution in [2.45, 2.75) is 38.8 Å². The number of aromatic amines is 1. The molecule has 18 heavy (non-hydrogen) atoms. The Morgan fingerprint density at radius 3 is 2.83 bits per heavy atom. The number of halogens is 1. The van der Waals surface area contributed by atoms with E-state index in [0.29, 0.717) is 23.9 Å². The predicted molar refractivity (Wildman–Crippen MR) is 69.4 cm³/mol. The van der Waals surface area contributed by atoms with Gasteiger partial charge in [0.15, 0.2) is 0 Å². The maximum absolute atomic E-state index is 11.4. The van der Waals surface area contributed by atoms with Gasteiger partial charge in [-0.05, 0) is 27.2 Å². The zero-order valence-electron chi connectivity index (χ0n) is 10.8. The van der Waals surface area contributed by atoms with E-state index in [-0.39, 0.29) is 6.04 Å². The van der Waals surface area contributed by atoms with E-state index >= 15 is 0 Å². The maximum atomic E-state index is 11.4. The van der Waals surface area contributed by atoms with Crippen molar-refractivity contribution in [3.63, 3.8) is 0 Å². The monoisotopic (exact) mass is 274 g/mol. The first kappa shape index (κ1) is 14.8. The van der Waals surface area contributed by atoms with Gasteiger partial charge >= 0.3 is 6.09 Å². The van der Waals surface area contributed by atoms with Gasteiger partial charge < -0.3 is 20.8 Å². The molecule has 0 unspecified atom stereocenters. The van der Waals surface area contributed by atoms with E-state index in [4.69, 9.17) is 22.1 Å². The minimum atomic E-state index is -0.499. The number of imidazole rings is 1. The Morgan fingerprint density at radius 2 is 2.33 bits per heavy atom. The first-order valence-corrected chi connectivity index (χ1v) is 6.08. The van der Waals surface area contributed by atoms with Crippen LogP contribution >= 0.6 is 11.6 Å². The number of ether oxygens (including phenoxy) is 1. The summed E-state index contributed by atoms with van der Waals surface area (Å²) in [5.74, 6) is 0.603. The number of nitrogens with two attached hydrogens (primary N) is 1. The van der Waals surface area contributed by atoms with Crippen LogP contribution in [-0.4, -0.2) is 28.2 Å². The molecular weight excluding hydrogens is 256 g/mol. The highest BCUT2D eigenvalue weighted by atomic mass is 35.5. The molecule has 6 nitrogen and oxygen atoms in total. The standard InChI is InChI=1S/C11H19ClN4O2/c1-11(2,3)18-10(17)14-5-4-7(13)9-15-6-8(12)16-9/h6-7H,4-5,13H2,1-3H3,(H,14,17)(H,15,16)/t7-/m0/s1. The fourth-order valence-electron chi connectivity index (χ4n) is 1.28. The largest absolute Gasteiger partial charge is 0.444 e. The number of aromatic nitrogens is 2. The van der Waals surface area contributed by atoms with Crippen molar-refractivity contribution in [1.82, 2.24) is 15.3 Å². The van der Waals surface area contributed by atoms with E-state index in [1.54, 1.807) is 0 Å². The van der Waals surface area contributed by atoms with E-state index in [9.17, 15) is 4.79 Å². The third kappa shape index (κ3) is 5.37. The van der Waals surface area contributed by atoms with Crippen molar-refractivity contribution < 1.29 is 9.53 Å². The van der Waals surface area contributed by atoms with Crippen LogP contribution in [0, 0.1) is 0 Å². The highest BCUT2D eigenvalue weighted by Gasteiger charge is 2.16. The Morgan fingerprint density at radius 1 is 1.67 bits per heavy atom. The number of H-pyrrole nitrogens is 1. The van der Waals surface area contributed by atoms with Crippen LogP contribution in [0.15, 0.2) is 6.20 Å². The third-order valence-electron chi connectivity index (χ3n) is 2.04. The molecule has 0 aliphatic heterocycles. The average molecular weight is 275 g/mol. The fourth-order valence-corrected chi connectivity index (χ4v) is 1.43. The molecule has 1 heterocycles. The number of hydrogen-bond acceptors (Lipinski definition) is 4. The second kappa shape index (κ2) is 6.06. The molecule has 1 amide bonds. The van der Waals surface area contributed by atoms with Crippen molar-refractivity contribution in [3.8, 4) is 0 Å². The SMILES string of the molecule is CC(C)(C)OC(=O)NCC[C@H](N)c1ncc(Cl)[nH]1. The minimum absolute atomic E-state index is 0.299. The number of amides is 1. The highest BCUT2D eigenvalue weighted by Crippen LogP contribution is 2.12. The zero-order valence-corrected chi connectivity index (χ0v) is 11.5. The van der Waals surface area contributed by atoms with Crippen LogP contribution in [0.3, 0.4) is 0 Å². The summed E-state index contributed by atoms with van der Waals surface area (Å²) in [5, 5.41) is 3.08. The van der Waals surface area contributed by atoms with Crippen molar-refractivity contribution in [3.05, 3.63) is 17.2 Å². The van der Waals surface area contributed by atoms with Gasteiger partial charge in [-0.2, -0.15) is 0 Å². The predicted octanol–water partition coefficient (Wildman–Crippen LogP) is 1.98. The van der Waals surface area contributed by atoms with Gasteiger partial charge in [0.25, 0.3) is 0 Å². The first-order valence-electron chi connectivity index (χ1n) is 5.71. The number of carbonyl (C=O) groups is 1. The molecule has 0 aliphatic rings. The van der Waals surface area contributed by atoms with E-state index < -0.39 is 11.7 Å². The smallest absolute Gasteiger partial charge is 0.407 e. The number of nitrogens with one attached hydrogen (secondary N) is 2. The molecule has 0 radical (unpaired) electrons. The zero-order chi connectivity index (χ0) is 13.8. The molecule has 0 spiro atoms. The molecule has 0 saturated heterocycles. The van der Waals surface area contributed by atoms with Crippen LogP contribution in [0.1, 0.15) is 39.1 Å². The number of hydrogen-bond donors (Lipinski definition) is 3. The Hall–Kier alpha value is -1.27. The Balaban J connectivity index is 2.27. The Kier molecular flexibility index (Phi) is 4.98. The molecule has 0 aliphatic carbocycles. The van der Waals surface area contributed by atoms with Gasteiger partial charge in [-0.25, -0.2) is 9.78 Å². The molecule has 0 aromatic carbocycles. The third-order valence-corrected chi connectivity index (χ3v) is 2.23. The molecule has 102 valence electrons. The summed E-state index contributed by atoms with van der Waals surface area (Å²) in [4.78, 5) is 18.2. The van der Waals surface area contributed by atoms with Crippen molar-refractivity contribution >= 4 is 17.7 Å². The second-order valence-electron chi connectivity index (χ2n) is 4.94. The van der Waals surface area contributed by atoms with Crippen LogP contribution in [0.5, 0.6) is 0 Å². The molecule has 7 heteroatoms. The fraction of sp³-hybridized carbons (Fsp3) is 0.636. The van der Waals surface area contributed by atoms with Crippen LogP contribution in [0.4, 0.5) is 4.79 Å². The van der Waals surface area contributed by atoms with Gasteiger partial charge in [0.2, 0.25) is 0 Å². The summed E-state index contributed by atoms with van der Waals surface area (Å²) >= 11 is 5.70. The lowest BCUT2D eigenvalue weighted by molar-refractivity contribution is 0.0526. The molecule has 0 bridgehead atoms. The molecule has 0 fully saturated rings. The van der Waals surface area contributed by atoms with Crippen LogP contribution in [0.2, 0.25) is 5.15 Å². The number of carbonyl (C=O) groups excluding carboxylic acids is 1. The quantitative estimate of drug-likeness (QED) is 0.783. The van der Waals surface area contributed by atoms with E-state index in [0.717, 1.165) is 0 Å². The van der Waals surface area contributed by atoms with Gasteiger partial charge in [-0.15, -0.1) is 0 Å². The van der Waals surface area contributed by atoms with Crippen LogP contribution in [-0.2, 0) is 4.74 Å². The van der Waals surface area contributed by atoms with E-state index in [2.05, 4.69) is 15.3 Å². The molecular formula is C11H19ClN4O2. The Bertz CT molecular complexity index is 400. The lowest BCUT2D eigenvalue weighted by Gasteiger charge is -2.20. The molecule has 1 aromatic rings. The lowest BCUT2D eigenvalue weighted by Crippen LogP contribution is -2.34. The molecule has 4 N–H and O–H groups in total. The molecule has 1 rings (SSSR count). The topological polar surface area (TPSA) is 93.0 Å². The summed E-state index contributed by atoms with van der Waals surface area (Å²) in [6, 6.07) is -0.299. The minimum Gasteiger partial charge on any atom is -0.444 e. The summed E-state index contributed by atoms with van der Waals surface area (Å²) in [5.41, 5.74) is 5.38.